The highest BCUT2D eigenvalue weighted by atomic mass is 32.1. The summed E-state index contributed by atoms with van der Waals surface area (Å²) >= 11 is 1.20. The first-order valence-corrected chi connectivity index (χ1v) is 16.6. The predicted molar refractivity (Wildman–Crippen MR) is 174 cm³/mol. The fourth-order valence-corrected chi connectivity index (χ4v) is 6.15. The Kier molecular flexibility index (Phi) is 13.4. The Morgan fingerprint density at radius 3 is 2.59 bits per heavy atom. The third-order valence-electron chi connectivity index (χ3n) is 7.12. The summed E-state index contributed by atoms with van der Waals surface area (Å²) in [6.45, 7) is 0.499. The number of ketones is 1. The van der Waals surface area contributed by atoms with Gasteiger partial charge >= 0.3 is 0 Å². The molecule has 1 saturated heterocycles. The second kappa shape index (κ2) is 16.9. The number of hydrogen-bond donors (Lipinski definition) is 7. The number of nitrogens with two attached hydrogens (primary N) is 3. The van der Waals surface area contributed by atoms with Gasteiger partial charge in [0, 0.05) is 41.7 Å². The first-order valence-electron chi connectivity index (χ1n) is 14.7. The van der Waals surface area contributed by atoms with Crippen molar-refractivity contribution in [1.82, 2.24) is 26.3 Å². The van der Waals surface area contributed by atoms with Crippen molar-refractivity contribution >= 4 is 83.3 Å². The minimum atomic E-state index is -1.85. The van der Waals surface area contributed by atoms with E-state index in [1.54, 1.807) is 12.1 Å². The molecule has 1 aromatic carbocycles. The lowest BCUT2D eigenvalue weighted by molar-refractivity contribution is -0.134. The van der Waals surface area contributed by atoms with Crippen molar-refractivity contribution < 1.29 is 28.8 Å². The number of aromatic nitrogens is 1. The Morgan fingerprint density at radius 2 is 1.89 bits per heavy atom. The summed E-state index contributed by atoms with van der Waals surface area (Å²) in [6.07, 6.45) is 0.822. The van der Waals surface area contributed by atoms with E-state index in [4.69, 9.17) is 17.2 Å². The summed E-state index contributed by atoms with van der Waals surface area (Å²) < 4.78 is 0.805. The van der Waals surface area contributed by atoms with Gasteiger partial charge in [0.2, 0.25) is 35.3 Å². The molecular weight excluding hydrogens is 647 g/mol. The first-order chi connectivity index (χ1) is 21.8. The van der Waals surface area contributed by atoms with Crippen LogP contribution in [0.1, 0.15) is 61.2 Å². The molecule has 1 aliphatic rings. The van der Waals surface area contributed by atoms with Gasteiger partial charge in [0.15, 0.2) is 11.0 Å². The SMILES string of the molecule is NC(=O)CCC1([Si])NC(=O)[C@@H]([Si])CC(=O)NCCCC[C@@H](C(=O)NC(CCCN=C(N)N)C(=O)c2nc3ccccc3s2)NC1=O. The highest BCUT2D eigenvalue weighted by Crippen LogP contribution is 2.23. The molecule has 3 rings (SSSR count). The maximum absolute atomic E-state index is 13.8. The van der Waals surface area contributed by atoms with Gasteiger partial charge in [-0.25, -0.2) is 4.98 Å². The standard InChI is InChI=1S/C28H37N9O6SSi2/c29-20(38)10-11-28(46)26(43)36-17(7-3-4-12-32-21(39)14-19(45)24(42)37-28)23(41)34-16(8-5-13-33-27(30)31)22(40)25-35-15-6-1-2-9-18(15)44-25/h1-2,6,9,16-17,19H,3-5,7-8,10-14H2,(H2,29,38)(H,32,39)(H,34,41)(H,36,43)(H,37,42)(H4,30,31,33)/t16?,17-,19-,28?/m0/s1. The maximum Gasteiger partial charge on any atom is 0.243 e. The zero-order valence-electron chi connectivity index (χ0n) is 25.1. The van der Waals surface area contributed by atoms with Crippen LogP contribution in [0.4, 0.5) is 0 Å². The van der Waals surface area contributed by atoms with E-state index in [1.807, 2.05) is 12.1 Å². The lowest BCUT2D eigenvalue weighted by Crippen LogP contribution is -2.63. The van der Waals surface area contributed by atoms with Gasteiger partial charge in [-0.15, -0.1) is 11.3 Å². The topological polar surface area (TPSA) is 254 Å². The number of para-hydroxylation sites is 1. The van der Waals surface area contributed by atoms with Crippen LogP contribution in [-0.2, 0) is 24.0 Å². The molecule has 2 heterocycles. The fraction of sp³-hybridized carbons (Fsp3) is 0.500. The summed E-state index contributed by atoms with van der Waals surface area (Å²) in [7, 11) is 6.55. The average Bonchev–Trinajstić information content (AvgIpc) is 3.44. The first kappa shape index (κ1) is 36.3. The van der Waals surface area contributed by atoms with Gasteiger partial charge in [0.25, 0.3) is 0 Å². The zero-order valence-corrected chi connectivity index (χ0v) is 27.9. The van der Waals surface area contributed by atoms with E-state index in [0.29, 0.717) is 24.8 Å². The second-order valence-electron chi connectivity index (χ2n) is 10.9. The van der Waals surface area contributed by atoms with Crippen LogP contribution in [0.25, 0.3) is 10.2 Å². The molecule has 2 aromatic rings. The lowest BCUT2D eigenvalue weighted by Gasteiger charge is -2.33. The summed E-state index contributed by atoms with van der Waals surface area (Å²) in [6, 6.07) is 5.07. The van der Waals surface area contributed by atoms with Crippen molar-refractivity contribution in [1.29, 1.82) is 0 Å². The van der Waals surface area contributed by atoms with E-state index in [-0.39, 0.29) is 62.1 Å². The summed E-state index contributed by atoms with van der Waals surface area (Å²) in [5, 5.41) is 9.03. The van der Waals surface area contributed by atoms with Gasteiger partial charge in [-0.2, -0.15) is 0 Å². The molecule has 18 heteroatoms. The molecule has 0 bridgehead atoms. The number of rotatable bonds is 11. The van der Waals surface area contributed by atoms with E-state index in [0.717, 1.165) is 4.70 Å². The Morgan fingerprint density at radius 1 is 1.15 bits per heavy atom. The van der Waals surface area contributed by atoms with Crippen LogP contribution >= 0.6 is 11.3 Å². The van der Waals surface area contributed by atoms with Crippen LogP contribution in [0.5, 0.6) is 0 Å². The van der Waals surface area contributed by atoms with Crippen LogP contribution in [-0.4, -0.2) is 97.1 Å². The lowest BCUT2D eigenvalue weighted by atomic mass is 10.0. The Hall–Kier alpha value is -4.17. The average molecular weight is 684 g/mol. The summed E-state index contributed by atoms with van der Waals surface area (Å²) in [4.78, 5) is 86.3. The maximum atomic E-state index is 13.8. The molecule has 1 fully saturated rings. The molecular formula is C28H37N9O6SSi2. The third-order valence-corrected chi connectivity index (χ3v) is 9.24. The van der Waals surface area contributed by atoms with Crippen LogP contribution in [0.15, 0.2) is 29.3 Å². The highest BCUT2D eigenvalue weighted by molar-refractivity contribution is 7.20. The molecule has 4 atom stereocenters. The van der Waals surface area contributed by atoms with E-state index in [9.17, 15) is 28.8 Å². The normalized spacial score (nSPS) is 22.0. The molecule has 2 unspecified atom stereocenters. The number of nitrogens with one attached hydrogen (secondary N) is 4. The molecule has 1 aromatic heterocycles. The predicted octanol–water partition coefficient (Wildman–Crippen LogP) is -1.60. The number of carbonyl (C=O) groups excluding carboxylic acids is 6. The molecule has 46 heavy (non-hydrogen) atoms. The summed E-state index contributed by atoms with van der Waals surface area (Å²) in [5.74, 6) is -3.81. The number of benzene rings is 1. The van der Waals surface area contributed by atoms with Gasteiger partial charge in [-0.1, -0.05) is 12.1 Å². The van der Waals surface area contributed by atoms with Gasteiger partial charge in [0.05, 0.1) is 26.5 Å². The molecule has 0 saturated carbocycles. The van der Waals surface area contributed by atoms with Crippen LogP contribution in [0.3, 0.4) is 0 Å². The number of hydrogen-bond acceptors (Lipinski definition) is 9. The van der Waals surface area contributed by atoms with Crippen molar-refractivity contribution in [3.8, 4) is 0 Å². The van der Waals surface area contributed by atoms with Crippen LogP contribution < -0.4 is 38.5 Å². The largest absolute Gasteiger partial charge is 0.370 e. The van der Waals surface area contributed by atoms with Crippen LogP contribution in [0.2, 0.25) is 5.54 Å². The van der Waals surface area contributed by atoms with E-state index < -0.39 is 52.2 Å². The second-order valence-corrected chi connectivity index (χ2v) is 13.4. The summed E-state index contributed by atoms with van der Waals surface area (Å²) in [5.41, 5.74) is 15.8. The number of guanidine groups is 1. The minimum absolute atomic E-state index is 0.107. The highest BCUT2D eigenvalue weighted by Gasteiger charge is 2.39. The fourth-order valence-electron chi connectivity index (χ4n) is 4.61. The van der Waals surface area contributed by atoms with Crippen molar-refractivity contribution in [3.05, 3.63) is 29.3 Å². The van der Waals surface area contributed by atoms with Gasteiger partial charge in [0.1, 0.15) is 11.2 Å². The number of thiazole rings is 1. The zero-order chi connectivity index (χ0) is 33.9. The van der Waals surface area contributed by atoms with Gasteiger partial charge in [-0.3, -0.25) is 33.8 Å². The van der Waals surface area contributed by atoms with Gasteiger partial charge < -0.3 is 38.5 Å². The van der Waals surface area contributed by atoms with E-state index >= 15 is 0 Å². The Bertz CT molecular complexity index is 1450. The smallest absolute Gasteiger partial charge is 0.243 e. The molecule has 1 aliphatic heterocycles. The van der Waals surface area contributed by atoms with Crippen LogP contribution in [0, 0.1) is 0 Å². The van der Waals surface area contributed by atoms with E-state index in [2.05, 4.69) is 51.7 Å². The van der Waals surface area contributed by atoms with Crippen molar-refractivity contribution in [3.63, 3.8) is 0 Å². The van der Waals surface area contributed by atoms with Crippen molar-refractivity contribution in [2.75, 3.05) is 13.1 Å². The number of fused-ring (bicyclic) bond motifs is 1. The third kappa shape index (κ3) is 10.7. The molecule has 244 valence electrons. The number of Topliss-reactive ketones (excluding diaryl/α,β-unsaturated/α-hetero) is 1. The molecule has 10 N–H and O–H groups in total. The number of aliphatic imine (C=N–C) groups is 1. The molecule has 0 spiro atoms. The van der Waals surface area contributed by atoms with Crippen molar-refractivity contribution in [2.45, 2.75) is 74.2 Å². The molecule has 15 nitrogen and oxygen atoms in total. The van der Waals surface area contributed by atoms with Gasteiger partial charge in [-0.05, 0) is 50.7 Å². The Balaban J connectivity index is 1.88. The minimum Gasteiger partial charge on any atom is -0.370 e. The molecule has 6 radical (unpaired) electrons. The van der Waals surface area contributed by atoms with Crippen molar-refractivity contribution in [2.24, 2.45) is 22.2 Å². The number of nitrogens with zero attached hydrogens (tertiary/aromatic N) is 2. The Labute approximate surface area is 276 Å². The molecule has 5 amide bonds. The number of carbonyl (C=O) groups is 6. The van der Waals surface area contributed by atoms with E-state index in [1.165, 1.54) is 11.3 Å². The number of amides is 5. The number of primary amides is 1. The quantitative estimate of drug-likeness (QED) is 0.0472. The monoisotopic (exact) mass is 683 g/mol. The molecule has 0 aliphatic carbocycles.